The second kappa shape index (κ2) is 9.64. The van der Waals surface area contributed by atoms with Gasteiger partial charge >= 0.3 is 0 Å². The zero-order valence-corrected chi connectivity index (χ0v) is 26.1. The van der Waals surface area contributed by atoms with E-state index in [1.54, 1.807) is 0 Å². The van der Waals surface area contributed by atoms with E-state index in [4.69, 9.17) is 6.85 Å². The average Bonchev–Trinajstić information content (AvgIpc) is 3.17. The Labute approximate surface area is 281 Å². The molecule has 0 saturated heterocycles. The van der Waals surface area contributed by atoms with E-state index in [0.29, 0.717) is 5.56 Å². The van der Waals surface area contributed by atoms with Gasteiger partial charge in [-0.3, -0.25) is 0 Å². The standard InChI is InChI=1S/C47H32/c1-47(2)41-18-8-15-30-14-7-17-40(44(30)41)46-38(16-9-19-42(46)47)36-27-34(29-10-4-3-5-11-29)26-35(28-36)37-24-22-33-21-20-31-12-6-13-32-23-25-39(37)45(33)43(31)32/h3-28H,1-2H3/i3D,4D,5D,10D,11D. The quantitative estimate of drug-likeness (QED) is 0.177. The molecule has 1 aliphatic carbocycles. The Kier molecular flexibility index (Phi) is 4.50. The van der Waals surface area contributed by atoms with E-state index in [2.05, 4.69) is 129 Å². The molecule has 0 saturated carbocycles. The third-order valence-electron chi connectivity index (χ3n) is 10.5. The second-order valence-electron chi connectivity index (χ2n) is 13.3. The Morgan fingerprint density at radius 2 is 0.979 bits per heavy atom. The van der Waals surface area contributed by atoms with Crippen molar-refractivity contribution >= 4 is 43.1 Å². The lowest BCUT2D eigenvalue weighted by atomic mass is 9.67. The van der Waals surface area contributed by atoms with Gasteiger partial charge in [0.05, 0.1) is 6.85 Å². The lowest BCUT2D eigenvalue weighted by molar-refractivity contribution is 0.645. The van der Waals surface area contributed by atoms with E-state index in [1.165, 1.54) is 49.0 Å². The highest BCUT2D eigenvalue weighted by atomic mass is 14.4. The average molecular weight is 602 g/mol. The molecule has 0 heteroatoms. The Balaban J connectivity index is 1.32. The van der Waals surface area contributed by atoms with Crippen molar-refractivity contribution in [3.8, 4) is 44.5 Å². The van der Waals surface area contributed by atoms with Crippen LogP contribution in [-0.2, 0) is 5.41 Å². The maximum Gasteiger partial charge on any atom is 0.0629 e. The largest absolute Gasteiger partial charge is 0.0629 e. The first kappa shape index (κ1) is 21.9. The normalized spacial score (nSPS) is 15.0. The number of hydrogen-bond acceptors (Lipinski definition) is 0. The molecule has 0 bridgehead atoms. The molecule has 0 atom stereocenters. The van der Waals surface area contributed by atoms with Crippen molar-refractivity contribution < 1.29 is 6.85 Å². The molecule has 0 nitrogen and oxygen atoms in total. The molecule has 9 aromatic rings. The van der Waals surface area contributed by atoms with Crippen molar-refractivity contribution in [2.75, 3.05) is 0 Å². The fourth-order valence-electron chi connectivity index (χ4n) is 8.28. The second-order valence-corrected chi connectivity index (χ2v) is 13.3. The van der Waals surface area contributed by atoms with E-state index >= 15 is 0 Å². The lowest BCUT2D eigenvalue weighted by Crippen LogP contribution is -2.24. The van der Waals surface area contributed by atoms with Crippen LogP contribution in [0.3, 0.4) is 0 Å². The molecular weight excluding hydrogens is 565 g/mol. The zero-order chi connectivity index (χ0) is 35.6. The van der Waals surface area contributed by atoms with Crippen LogP contribution in [0.25, 0.3) is 87.6 Å². The predicted molar refractivity (Wildman–Crippen MR) is 202 cm³/mol. The van der Waals surface area contributed by atoms with Gasteiger partial charge in [0.2, 0.25) is 0 Å². The van der Waals surface area contributed by atoms with Gasteiger partial charge in [0.1, 0.15) is 0 Å². The van der Waals surface area contributed by atoms with Gasteiger partial charge in [-0.2, -0.15) is 0 Å². The van der Waals surface area contributed by atoms with Crippen molar-refractivity contribution in [2.24, 2.45) is 0 Å². The minimum absolute atomic E-state index is 0.199. The van der Waals surface area contributed by atoms with Crippen LogP contribution in [0.4, 0.5) is 0 Å². The molecule has 0 amide bonds. The summed E-state index contributed by atoms with van der Waals surface area (Å²) in [6, 6.07) is 43.8. The predicted octanol–water partition coefficient (Wildman–Crippen LogP) is 13.0. The van der Waals surface area contributed by atoms with E-state index in [-0.39, 0.29) is 35.1 Å². The summed E-state index contributed by atoms with van der Waals surface area (Å²) in [4.78, 5) is 0. The monoisotopic (exact) mass is 601 g/mol. The third kappa shape index (κ3) is 3.76. The number of fused-ring (bicyclic) bond motifs is 2. The van der Waals surface area contributed by atoms with Crippen molar-refractivity contribution in [2.45, 2.75) is 19.3 Å². The van der Waals surface area contributed by atoms with Crippen molar-refractivity contribution in [3.63, 3.8) is 0 Å². The molecule has 0 radical (unpaired) electrons. The van der Waals surface area contributed by atoms with Crippen LogP contribution in [0.2, 0.25) is 0 Å². The van der Waals surface area contributed by atoms with Crippen LogP contribution in [0.5, 0.6) is 0 Å². The first-order chi connectivity index (χ1) is 25.1. The van der Waals surface area contributed by atoms with Crippen LogP contribution < -0.4 is 0 Å². The van der Waals surface area contributed by atoms with Crippen LogP contribution in [-0.4, -0.2) is 0 Å². The molecule has 9 aromatic carbocycles. The fourth-order valence-corrected chi connectivity index (χ4v) is 8.28. The Morgan fingerprint density at radius 1 is 0.426 bits per heavy atom. The lowest BCUT2D eigenvalue weighted by Gasteiger charge is -2.36. The molecular formula is C47H32. The van der Waals surface area contributed by atoms with Gasteiger partial charge in [-0.1, -0.05) is 153 Å². The Hall–Kier alpha value is -5.72. The van der Waals surface area contributed by atoms with Gasteiger partial charge < -0.3 is 0 Å². The number of benzene rings is 9. The highest BCUT2D eigenvalue weighted by Gasteiger charge is 2.34. The molecule has 0 N–H and O–H groups in total. The summed E-state index contributed by atoms with van der Waals surface area (Å²) in [5.74, 6) is 0. The minimum atomic E-state index is -0.395. The van der Waals surface area contributed by atoms with Crippen LogP contribution in [0.1, 0.15) is 31.8 Å². The Morgan fingerprint density at radius 3 is 1.77 bits per heavy atom. The van der Waals surface area contributed by atoms with Crippen LogP contribution in [0.15, 0.2) is 158 Å². The summed E-state index contributed by atoms with van der Waals surface area (Å²) in [6.45, 7) is 4.58. The van der Waals surface area contributed by atoms with Crippen LogP contribution in [0, 0.1) is 0 Å². The third-order valence-corrected chi connectivity index (χ3v) is 10.5. The maximum atomic E-state index is 8.98. The summed E-state index contributed by atoms with van der Waals surface area (Å²) >= 11 is 0. The first-order valence-electron chi connectivity index (χ1n) is 18.7. The molecule has 0 fully saturated rings. The van der Waals surface area contributed by atoms with E-state index in [9.17, 15) is 0 Å². The fraction of sp³-hybridized carbons (Fsp3) is 0.0638. The summed E-state index contributed by atoms with van der Waals surface area (Å²) in [5.41, 5.74) is 9.30. The van der Waals surface area contributed by atoms with E-state index in [0.717, 1.165) is 38.6 Å². The maximum absolute atomic E-state index is 8.98. The highest BCUT2D eigenvalue weighted by Crippen LogP contribution is 2.52. The molecule has 0 aliphatic heterocycles. The summed E-state index contributed by atoms with van der Waals surface area (Å²) < 4.78 is 43.4. The topological polar surface area (TPSA) is 0 Å². The van der Waals surface area contributed by atoms with E-state index in [1.807, 2.05) is 12.1 Å². The van der Waals surface area contributed by atoms with E-state index < -0.39 is 6.04 Å². The SMILES string of the molecule is [2H]c1c([2H])c([2H])c(-c2cc(-c3cccc4c3-c3cccc5cccc(c35)C4(C)C)cc(-c3ccc4ccc5cccc6ccc3c4c56)c2)c([2H])c1[2H]. The van der Waals surface area contributed by atoms with Gasteiger partial charge in [-0.25, -0.2) is 0 Å². The number of rotatable bonds is 3. The highest BCUT2D eigenvalue weighted by molar-refractivity contribution is 6.25. The van der Waals surface area contributed by atoms with Gasteiger partial charge in [0.15, 0.2) is 0 Å². The smallest absolute Gasteiger partial charge is 0.0622 e. The van der Waals surface area contributed by atoms with Crippen molar-refractivity contribution in [1.82, 2.24) is 0 Å². The molecule has 1 aliphatic rings. The van der Waals surface area contributed by atoms with Gasteiger partial charge in [-0.15, -0.1) is 0 Å². The molecule has 0 aromatic heterocycles. The number of hydrogen-bond donors (Lipinski definition) is 0. The minimum Gasteiger partial charge on any atom is -0.0622 e. The Bertz CT molecular complexity index is 2940. The summed E-state index contributed by atoms with van der Waals surface area (Å²) in [6.07, 6.45) is 0. The van der Waals surface area contributed by atoms with Crippen LogP contribution >= 0.6 is 0 Å². The van der Waals surface area contributed by atoms with Crippen molar-refractivity contribution in [3.05, 3.63) is 169 Å². The molecule has 47 heavy (non-hydrogen) atoms. The van der Waals surface area contributed by atoms with Crippen molar-refractivity contribution in [1.29, 1.82) is 0 Å². The van der Waals surface area contributed by atoms with Gasteiger partial charge in [0, 0.05) is 5.41 Å². The summed E-state index contributed by atoms with van der Waals surface area (Å²) in [7, 11) is 0. The van der Waals surface area contributed by atoms with Gasteiger partial charge in [0.25, 0.3) is 0 Å². The first-order valence-corrected chi connectivity index (χ1v) is 16.2. The molecule has 10 rings (SSSR count). The van der Waals surface area contributed by atoms with Gasteiger partial charge in [-0.05, 0) is 117 Å². The molecule has 0 spiro atoms. The molecule has 220 valence electrons. The molecule has 0 heterocycles. The summed E-state index contributed by atoms with van der Waals surface area (Å²) in [5, 5.41) is 9.53. The zero-order valence-electron chi connectivity index (χ0n) is 31.1. The molecule has 0 unspecified atom stereocenters.